The van der Waals surface area contributed by atoms with Crippen molar-refractivity contribution in [2.75, 3.05) is 26.2 Å². The third-order valence-electron chi connectivity index (χ3n) is 4.42. The summed E-state index contributed by atoms with van der Waals surface area (Å²) >= 11 is 0. The molecule has 0 amide bonds. The van der Waals surface area contributed by atoms with E-state index < -0.39 is 0 Å². The van der Waals surface area contributed by atoms with Gasteiger partial charge in [0.05, 0.1) is 19.6 Å². The molecule has 1 atom stereocenters. The van der Waals surface area contributed by atoms with Gasteiger partial charge in [-0.05, 0) is 17.4 Å². The smallest absolute Gasteiger partial charge is 0.100 e. The molecule has 0 aromatic carbocycles. The molecule has 1 spiro atoms. The van der Waals surface area contributed by atoms with Gasteiger partial charge in [-0.25, -0.2) is 0 Å². The van der Waals surface area contributed by atoms with E-state index in [1.54, 1.807) is 0 Å². The molecule has 2 aliphatic rings. The normalized spacial score (nSPS) is 34.3. The van der Waals surface area contributed by atoms with Gasteiger partial charge < -0.3 is 4.48 Å². The molecule has 2 saturated heterocycles. The van der Waals surface area contributed by atoms with Crippen LogP contribution in [0.4, 0.5) is 0 Å². The molecule has 2 fully saturated rings. The summed E-state index contributed by atoms with van der Waals surface area (Å²) in [5, 5.41) is 0. The van der Waals surface area contributed by atoms with Crippen LogP contribution in [0.2, 0.25) is 0 Å². The second-order valence-corrected chi connectivity index (χ2v) is 6.85. The first-order valence-electron chi connectivity index (χ1n) is 6.43. The summed E-state index contributed by atoms with van der Waals surface area (Å²) in [6.07, 6.45) is 4.06. The Morgan fingerprint density at radius 3 is 2.40 bits per heavy atom. The SMILES string of the molecule is C=C1CC(C)C[N+]2(CCC(C)(C)CC2)C1. The molecule has 2 rings (SSSR count). The van der Waals surface area contributed by atoms with Gasteiger partial charge in [0, 0.05) is 18.8 Å². The standard InChI is InChI=1S/C14H26N/c1-12-9-13(2)11-15(10-12)7-5-14(3,4)6-8-15/h13H,1,5-11H2,2-4H3/q+1. The molecule has 86 valence electrons. The molecule has 1 heteroatoms. The lowest BCUT2D eigenvalue weighted by atomic mass is 9.79. The molecule has 0 radical (unpaired) electrons. The number of quaternary nitrogens is 1. The minimum Gasteiger partial charge on any atom is -0.320 e. The van der Waals surface area contributed by atoms with Crippen LogP contribution in [-0.4, -0.2) is 30.7 Å². The van der Waals surface area contributed by atoms with Crippen molar-refractivity contribution in [1.29, 1.82) is 0 Å². The fraction of sp³-hybridized carbons (Fsp3) is 0.857. The number of hydrogen-bond donors (Lipinski definition) is 0. The van der Waals surface area contributed by atoms with Gasteiger partial charge >= 0.3 is 0 Å². The average molecular weight is 208 g/mol. The lowest BCUT2D eigenvalue weighted by Gasteiger charge is -2.50. The van der Waals surface area contributed by atoms with Crippen molar-refractivity contribution in [3.8, 4) is 0 Å². The van der Waals surface area contributed by atoms with Crippen LogP contribution in [0.15, 0.2) is 12.2 Å². The van der Waals surface area contributed by atoms with E-state index in [-0.39, 0.29) is 0 Å². The van der Waals surface area contributed by atoms with E-state index in [0.717, 1.165) is 5.92 Å². The lowest BCUT2D eigenvalue weighted by molar-refractivity contribution is -0.936. The van der Waals surface area contributed by atoms with Crippen LogP contribution in [0.3, 0.4) is 0 Å². The molecule has 0 aliphatic carbocycles. The largest absolute Gasteiger partial charge is 0.320 e. The molecule has 0 aromatic heterocycles. The Morgan fingerprint density at radius 2 is 1.87 bits per heavy atom. The first-order valence-corrected chi connectivity index (χ1v) is 6.43. The molecule has 15 heavy (non-hydrogen) atoms. The summed E-state index contributed by atoms with van der Waals surface area (Å²) in [7, 11) is 0. The fourth-order valence-corrected chi connectivity index (χ4v) is 3.48. The molecule has 0 aromatic rings. The third-order valence-corrected chi connectivity index (χ3v) is 4.42. The minimum atomic E-state index is 0.589. The molecule has 0 saturated carbocycles. The Hall–Kier alpha value is -0.300. The maximum Gasteiger partial charge on any atom is 0.100 e. The van der Waals surface area contributed by atoms with E-state index in [2.05, 4.69) is 27.4 Å². The van der Waals surface area contributed by atoms with Gasteiger partial charge in [0.1, 0.15) is 6.54 Å². The fourth-order valence-electron chi connectivity index (χ4n) is 3.48. The van der Waals surface area contributed by atoms with Crippen molar-refractivity contribution < 1.29 is 4.48 Å². The highest BCUT2D eigenvalue weighted by Crippen LogP contribution is 2.37. The summed E-state index contributed by atoms with van der Waals surface area (Å²) in [6.45, 7) is 16.9. The van der Waals surface area contributed by atoms with Crippen LogP contribution in [0, 0.1) is 11.3 Å². The van der Waals surface area contributed by atoms with E-state index >= 15 is 0 Å². The molecular weight excluding hydrogens is 182 g/mol. The van der Waals surface area contributed by atoms with E-state index in [9.17, 15) is 0 Å². The molecule has 1 unspecified atom stereocenters. The summed E-state index contributed by atoms with van der Waals surface area (Å²) in [5.41, 5.74) is 2.08. The molecule has 0 bridgehead atoms. The van der Waals surface area contributed by atoms with Gasteiger partial charge in [0.2, 0.25) is 0 Å². The number of hydrogen-bond acceptors (Lipinski definition) is 0. The average Bonchev–Trinajstić information content (AvgIpc) is 2.10. The second kappa shape index (κ2) is 3.62. The Balaban J connectivity index is 2.05. The van der Waals surface area contributed by atoms with Crippen molar-refractivity contribution in [2.24, 2.45) is 11.3 Å². The van der Waals surface area contributed by atoms with Crippen LogP contribution >= 0.6 is 0 Å². The number of piperidine rings is 2. The Labute approximate surface area is 94.8 Å². The summed E-state index contributed by atoms with van der Waals surface area (Å²) in [5.74, 6) is 0.854. The van der Waals surface area contributed by atoms with Gasteiger partial charge in [-0.3, -0.25) is 0 Å². The van der Waals surface area contributed by atoms with E-state index in [1.807, 2.05) is 0 Å². The molecule has 2 aliphatic heterocycles. The highest BCUT2D eigenvalue weighted by atomic mass is 15.4. The topological polar surface area (TPSA) is 0 Å². The highest BCUT2D eigenvalue weighted by Gasteiger charge is 2.40. The van der Waals surface area contributed by atoms with Gasteiger partial charge in [0.15, 0.2) is 0 Å². The monoisotopic (exact) mass is 208 g/mol. The maximum absolute atomic E-state index is 4.23. The first-order chi connectivity index (χ1) is 6.91. The third kappa shape index (κ3) is 2.44. The zero-order valence-electron chi connectivity index (χ0n) is 10.7. The number of rotatable bonds is 0. The van der Waals surface area contributed by atoms with Crippen molar-refractivity contribution in [2.45, 2.75) is 40.0 Å². The molecule has 2 heterocycles. The van der Waals surface area contributed by atoms with Crippen LogP contribution in [0.1, 0.15) is 40.0 Å². The van der Waals surface area contributed by atoms with Crippen molar-refractivity contribution in [3.05, 3.63) is 12.2 Å². The number of nitrogens with zero attached hydrogens (tertiary/aromatic N) is 1. The zero-order valence-corrected chi connectivity index (χ0v) is 10.7. The highest BCUT2D eigenvalue weighted by molar-refractivity contribution is 4.99. The first kappa shape index (κ1) is 11.2. The van der Waals surface area contributed by atoms with Gasteiger partial charge in [-0.15, -0.1) is 0 Å². The van der Waals surface area contributed by atoms with Crippen LogP contribution in [0.5, 0.6) is 0 Å². The van der Waals surface area contributed by atoms with E-state index in [0.29, 0.717) is 5.41 Å². The van der Waals surface area contributed by atoms with Crippen molar-refractivity contribution >= 4 is 0 Å². The van der Waals surface area contributed by atoms with E-state index in [4.69, 9.17) is 0 Å². The maximum atomic E-state index is 4.23. The Morgan fingerprint density at radius 1 is 1.27 bits per heavy atom. The summed E-state index contributed by atoms with van der Waals surface area (Å²) < 4.78 is 1.35. The zero-order chi connectivity index (χ0) is 11.1. The Bertz CT molecular complexity index is 255. The summed E-state index contributed by atoms with van der Waals surface area (Å²) in [6, 6.07) is 0. The van der Waals surface area contributed by atoms with E-state index in [1.165, 1.54) is 55.5 Å². The van der Waals surface area contributed by atoms with Crippen molar-refractivity contribution in [1.82, 2.24) is 0 Å². The predicted octanol–water partition coefficient (Wildman–Crippen LogP) is 3.22. The second-order valence-electron chi connectivity index (χ2n) is 6.85. The van der Waals surface area contributed by atoms with Gasteiger partial charge in [-0.1, -0.05) is 27.4 Å². The van der Waals surface area contributed by atoms with Gasteiger partial charge in [-0.2, -0.15) is 0 Å². The van der Waals surface area contributed by atoms with Crippen LogP contribution in [0.25, 0.3) is 0 Å². The minimum absolute atomic E-state index is 0.589. The lowest BCUT2D eigenvalue weighted by Crippen LogP contribution is -2.59. The van der Waals surface area contributed by atoms with Crippen LogP contribution < -0.4 is 0 Å². The van der Waals surface area contributed by atoms with Crippen LogP contribution in [-0.2, 0) is 0 Å². The summed E-state index contributed by atoms with van der Waals surface area (Å²) in [4.78, 5) is 0. The Kier molecular flexibility index (Phi) is 2.70. The molecule has 1 nitrogen and oxygen atoms in total. The van der Waals surface area contributed by atoms with Crippen molar-refractivity contribution in [3.63, 3.8) is 0 Å². The molecular formula is C14H26N+. The molecule has 0 N–H and O–H groups in total. The van der Waals surface area contributed by atoms with Gasteiger partial charge in [0.25, 0.3) is 0 Å². The predicted molar refractivity (Wildman–Crippen MR) is 65.7 cm³/mol. The quantitative estimate of drug-likeness (QED) is 0.423.